The third kappa shape index (κ3) is 4.72. The minimum absolute atomic E-state index is 0.126. The molecular formula is C16H26N4O. The molecule has 0 aromatic heterocycles. The Morgan fingerprint density at radius 1 is 1.38 bits per heavy atom. The van der Waals surface area contributed by atoms with Crippen LogP contribution >= 0.6 is 0 Å². The van der Waals surface area contributed by atoms with Crippen molar-refractivity contribution >= 4 is 11.7 Å². The molecule has 2 amide bonds. The van der Waals surface area contributed by atoms with Gasteiger partial charge in [0.05, 0.1) is 0 Å². The second kappa shape index (κ2) is 7.43. The van der Waals surface area contributed by atoms with Crippen molar-refractivity contribution < 1.29 is 4.79 Å². The zero-order chi connectivity index (χ0) is 15.2. The summed E-state index contributed by atoms with van der Waals surface area (Å²) in [7, 11) is 4.05. The fourth-order valence-corrected chi connectivity index (χ4v) is 2.63. The maximum absolute atomic E-state index is 11.9. The third-order valence-corrected chi connectivity index (χ3v) is 4.14. The zero-order valence-electron chi connectivity index (χ0n) is 13.1. The van der Waals surface area contributed by atoms with Crippen LogP contribution < -0.4 is 16.0 Å². The first kappa shape index (κ1) is 15.8. The monoisotopic (exact) mass is 290 g/mol. The number of hydrogen-bond donors (Lipinski definition) is 3. The summed E-state index contributed by atoms with van der Waals surface area (Å²) in [5.41, 5.74) is 2.03. The fraction of sp³-hybridized carbons (Fsp3) is 0.562. The van der Waals surface area contributed by atoms with Crippen LogP contribution in [-0.4, -0.2) is 44.7 Å². The van der Waals surface area contributed by atoms with Gasteiger partial charge in [-0.1, -0.05) is 12.1 Å². The van der Waals surface area contributed by atoms with Gasteiger partial charge in [-0.15, -0.1) is 0 Å². The number of urea groups is 1. The van der Waals surface area contributed by atoms with Gasteiger partial charge in [-0.3, -0.25) is 0 Å². The summed E-state index contributed by atoms with van der Waals surface area (Å²) < 4.78 is 0. The summed E-state index contributed by atoms with van der Waals surface area (Å²) in [4.78, 5) is 14.2. The zero-order valence-corrected chi connectivity index (χ0v) is 13.1. The summed E-state index contributed by atoms with van der Waals surface area (Å²) in [5, 5.41) is 9.02. The number of likely N-dealkylation sites (tertiary alicyclic amines) is 1. The van der Waals surface area contributed by atoms with E-state index in [1.54, 1.807) is 0 Å². The summed E-state index contributed by atoms with van der Waals surface area (Å²) in [6.45, 7) is 5.04. The molecule has 0 radical (unpaired) electrons. The average Bonchev–Trinajstić information content (AvgIpc) is 2.91. The van der Waals surface area contributed by atoms with Crippen LogP contribution in [0.4, 0.5) is 10.5 Å². The maximum atomic E-state index is 11.9. The van der Waals surface area contributed by atoms with Gasteiger partial charge in [-0.2, -0.15) is 0 Å². The molecule has 21 heavy (non-hydrogen) atoms. The molecule has 2 rings (SSSR count). The van der Waals surface area contributed by atoms with Crippen LogP contribution in [0.15, 0.2) is 24.3 Å². The third-order valence-electron chi connectivity index (χ3n) is 4.14. The molecule has 1 saturated heterocycles. The molecule has 2 atom stereocenters. The Kier molecular flexibility index (Phi) is 5.59. The van der Waals surface area contributed by atoms with Crippen LogP contribution in [-0.2, 0) is 0 Å². The molecule has 1 fully saturated rings. The summed E-state index contributed by atoms with van der Waals surface area (Å²) in [6.07, 6.45) is 1.16. The first-order valence-corrected chi connectivity index (χ1v) is 7.59. The highest BCUT2D eigenvalue weighted by Gasteiger charge is 2.19. The van der Waals surface area contributed by atoms with Crippen molar-refractivity contribution in [2.24, 2.45) is 5.92 Å². The molecule has 0 aliphatic carbocycles. The molecule has 1 heterocycles. The minimum atomic E-state index is -0.126. The smallest absolute Gasteiger partial charge is 0.319 e. The minimum Gasteiger partial charge on any atom is -0.338 e. The molecule has 1 aliphatic rings. The van der Waals surface area contributed by atoms with Gasteiger partial charge in [0.15, 0.2) is 0 Å². The molecular weight excluding hydrogens is 264 g/mol. The fourth-order valence-electron chi connectivity index (χ4n) is 2.63. The van der Waals surface area contributed by atoms with Crippen molar-refractivity contribution in [3.8, 4) is 0 Å². The van der Waals surface area contributed by atoms with Gasteiger partial charge in [-0.05, 0) is 57.6 Å². The highest BCUT2D eigenvalue weighted by molar-refractivity contribution is 5.89. The van der Waals surface area contributed by atoms with Crippen molar-refractivity contribution in [1.82, 2.24) is 15.5 Å². The Bertz CT molecular complexity index is 460. The van der Waals surface area contributed by atoms with Gasteiger partial charge in [-0.25, -0.2) is 4.79 Å². The van der Waals surface area contributed by atoms with E-state index in [0.29, 0.717) is 12.0 Å². The molecule has 0 spiro atoms. The SMILES string of the molecule is CNC(C)c1ccc(NC(=O)NCC2CCN(C)C2)cc1. The summed E-state index contributed by atoms with van der Waals surface area (Å²) in [5.74, 6) is 0.569. The van der Waals surface area contributed by atoms with Crippen LogP contribution in [0.3, 0.4) is 0 Å². The lowest BCUT2D eigenvalue weighted by molar-refractivity contribution is 0.250. The van der Waals surface area contributed by atoms with Gasteiger partial charge in [0.25, 0.3) is 0 Å². The number of anilines is 1. The quantitative estimate of drug-likeness (QED) is 0.778. The second-order valence-electron chi connectivity index (χ2n) is 5.88. The molecule has 2 unspecified atom stereocenters. The predicted octanol–water partition coefficient (Wildman–Crippen LogP) is 2.04. The van der Waals surface area contributed by atoms with Crippen molar-refractivity contribution in [2.75, 3.05) is 39.0 Å². The number of nitrogens with zero attached hydrogens (tertiary/aromatic N) is 1. The van der Waals surface area contributed by atoms with E-state index in [1.165, 1.54) is 5.56 Å². The number of rotatable bonds is 5. The van der Waals surface area contributed by atoms with Gasteiger partial charge in [0.1, 0.15) is 0 Å². The Balaban J connectivity index is 1.77. The van der Waals surface area contributed by atoms with Gasteiger partial charge < -0.3 is 20.9 Å². The molecule has 0 saturated carbocycles. The van der Waals surface area contributed by atoms with E-state index in [2.05, 4.69) is 34.8 Å². The molecule has 116 valence electrons. The Hall–Kier alpha value is -1.59. The lowest BCUT2D eigenvalue weighted by atomic mass is 10.1. The van der Waals surface area contributed by atoms with Crippen molar-refractivity contribution in [3.63, 3.8) is 0 Å². The van der Waals surface area contributed by atoms with E-state index in [0.717, 1.165) is 31.7 Å². The standard InChI is InChI=1S/C16H26N4O/c1-12(17-2)14-4-6-15(7-5-14)19-16(21)18-10-13-8-9-20(3)11-13/h4-7,12-13,17H,8-11H2,1-3H3,(H2,18,19,21). The van der Waals surface area contributed by atoms with Crippen LogP contribution in [0.2, 0.25) is 0 Å². The normalized spacial score (nSPS) is 20.2. The van der Waals surface area contributed by atoms with Crippen LogP contribution in [0.1, 0.15) is 24.9 Å². The highest BCUT2D eigenvalue weighted by Crippen LogP contribution is 2.16. The van der Waals surface area contributed by atoms with Crippen molar-refractivity contribution in [3.05, 3.63) is 29.8 Å². The average molecular weight is 290 g/mol. The largest absolute Gasteiger partial charge is 0.338 e. The topological polar surface area (TPSA) is 56.4 Å². The van der Waals surface area contributed by atoms with Crippen molar-refractivity contribution in [1.29, 1.82) is 0 Å². The molecule has 0 bridgehead atoms. The number of amides is 2. The number of hydrogen-bond acceptors (Lipinski definition) is 3. The lowest BCUT2D eigenvalue weighted by Crippen LogP contribution is -2.33. The van der Waals surface area contributed by atoms with Crippen LogP contribution in [0, 0.1) is 5.92 Å². The number of benzene rings is 1. The Morgan fingerprint density at radius 3 is 2.67 bits per heavy atom. The van der Waals surface area contributed by atoms with E-state index in [1.807, 2.05) is 31.3 Å². The number of nitrogens with one attached hydrogen (secondary N) is 3. The highest BCUT2D eigenvalue weighted by atomic mass is 16.2. The Labute approximate surface area is 127 Å². The van der Waals surface area contributed by atoms with Crippen LogP contribution in [0.5, 0.6) is 0 Å². The molecule has 1 aromatic carbocycles. The molecule has 5 nitrogen and oxygen atoms in total. The first-order valence-electron chi connectivity index (χ1n) is 7.59. The number of carbonyl (C=O) groups is 1. The van der Waals surface area contributed by atoms with Gasteiger partial charge >= 0.3 is 6.03 Å². The molecule has 3 N–H and O–H groups in total. The lowest BCUT2D eigenvalue weighted by Gasteiger charge is -2.14. The molecule has 1 aromatic rings. The Morgan fingerprint density at radius 2 is 2.10 bits per heavy atom. The van der Waals surface area contributed by atoms with Gasteiger partial charge in [0.2, 0.25) is 0 Å². The van der Waals surface area contributed by atoms with E-state index in [-0.39, 0.29) is 6.03 Å². The van der Waals surface area contributed by atoms with Crippen LogP contribution in [0.25, 0.3) is 0 Å². The number of carbonyl (C=O) groups excluding carboxylic acids is 1. The van der Waals surface area contributed by atoms with E-state index < -0.39 is 0 Å². The second-order valence-corrected chi connectivity index (χ2v) is 5.88. The maximum Gasteiger partial charge on any atom is 0.319 e. The first-order chi connectivity index (χ1) is 10.1. The van der Waals surface area contributed by atoms with E-state index in [9.17, 15) is 4.79 Å². The van der Waals surface area contributed by atoms with Crippen molar-refractivity contribution in [2.45, 2.75) is 19.4 Å². The van der Waals surface area contributed by atoms with E-state index >= 15 is 0 Å². The molecule has 1 aliphatic heterocycles. The molecule has 5 heteroatoms. The predicted molar refractivity (Wildman–Crippen MR) is 86.5 cm³/mol. The van der Waals surface area contributed by atoms with E-state index in [4.69, 9.17) is 0 Å². The summed E-state index contributed by atoms with van der Waals surface area (Å²) >= 11 is 0. The summed E-state index contributed by atoms with van der Waals surface area (Å²) in [6, 6.07) is 8.12. The van der Waals surface area contributed by atoms with Gasteiger partial charge in [0, 0.05) is 24.8 Å².